The van der Waals surface area contributed by atoms with Crippen molar-refractivity contribution in [1.29, 1.82) is 0 Å². The molecule has 1 aliphatic rings. The van der Waals surface area contributed by atoms with Gasteiger partial charge in [-0.15, -0.1) is 11.3 Å². The number of rotatable bonds is 5. The van der Waals surface area contributed by atoms with Crippen LogP contribution >= 0.6 is 11.3 Å². The van der Waals surface area contributed by atoms with Gasteiger partial charge >= 0.3 is 0 Å². The Morgan fingerprint density at radius 3 is 2.82 bits per heavy atom. The monoisotopic (exact) mass is 254 g/mol. The van der Waals surface area contributed by atoms with Gasteiger partial charge in [-0.25, -0.2) is 0 Å². The summed E-state index contributed by atoms with van der Waals surface area (Å²) < 4.78 is 5.64. The molecular weight excluding hydrogens is 232 g/mol. The zero-order chi connectivity index (χ0) is 12.3. The minimum atomic E-state index is -0.245. The van der Waals surface area contributed by atoms with Crippen LogP contribution < -0.4 is 0 Å². The third-order valence-electron chi connectivity index (χ3n) is 3.63. The highest BCUT2D eigenvalue weighted by molar-refractivity contribution is 7.11. The molecule has 0 radical (unpaired) electrons. The molecule has 2 rings (SSSR count). The summed E-state index contributed by atoms with van der Waals surface area (Å²) in [5.74, 6) is 0.326. The van der Waals surface area contributed by atoms with Gasteiger partial charge in [-0.3, -0.25) is 0 Å². The zero-order valence-corrected chi connectivity index (χ0v) is 11.5. The van der Waals surface area contributed by atoms with Crippen LogP contribution in [0.5, 0.6) is 0 Å². The van der Waals surface area contributed by atoms with Crippen LogP contribution in [-0.4, -0.2) is 23.9 Å². The van der Waals surface area contributed by atoms with Crippen LogP contribution in [0.4, 0.5) is 0 Å². The van der Waals surface area contributed by atoms with Crippen molar-refractivity contribution in [2.75, 3.05) is 6.61 Å². The van der Waals surface area contributed by atoms with E-state index in [1.807, 2.05) is 11.3 Å². The van der Waals surface area contributed by atoms with Crippen LogP contribution in [0.1, 0.15) is 36.4 Å². The molecule has 1 aliphatic heterocycles. The van der Waals surface area contributed by atoms with Crippen molar-refractivity contribution in [2.24, 2.45) is 5.92 Å². The predicted molar refractivity (Wildman–Crippen MR) is 71.5 cm³/mol. The molecule has 1 aromatic heterocycles. The summed E-state index contributed by atoms with van der Waals surface area (Å²) in [5, 5.41) is 10.3. The van der Waals surface area contributed by atoms with E-state index < -0.39 is 0 Å². The molecule has 0 saturated carbocycles. The van der Waals surface area contributed by atoms with Crippen LogP contribution in [0, 0.1) is 5.92 Å². The fourth-order valence-corrected chi connectivity index (χ4v) is 3.61. The first kappa shape index (κ1) is 13.1. The van der Waals surface area contributed by atoms with E-state index in [9.17, 15) is 5.11 Å². The van der Waals surface area contributed by atoms with Gasteiger partial charge in [0.1, 0.15) is 0 Å². The van der Waals surface area contributed by atoms with Gasteiger partial charge in [-0.2, -0.15) is 0 Å². The fraction of sp³-hybridized carbons (Fsp3) is 0.714. The van der Waals surface area contributed by atoms with E-state index in [0.29, 0.717) is 5.92 Å². The predicted octanol–water partition coefficient (Wildman–Crippen LogP) is 3.03. The van der Waals surface area contributed by atoms with E-state index in [4.69, 9.17) is 4.74 Å². The third-order valence-corrected chi connectivity index (χ3v) is 4.89. The molecule has 1 saturated heterocycles. The molecule has 0 spiro atoms. The van der Waals surface area contributed by atoms with Gasteiger partial charge in [0.2, 0.25) is 0 Å². The van der Waals surface area contributed by atoms with Crippen molar-refractivity contribution in [1.82, 2.24) is 0 Å². The molecule has 2 heterocycles. The molecule has 0 aliphatic carbocycles. The Kier molecular flexibility index (Phi) is 4.60. The second-order valence-electron chi connectivity index (χ2n) is 4.76. The highest BCUT2D eigenvalue weighted by atomic mass is 32.1. The van der Waals surface area contributed by atoms with Gasteiger partial charge in [0.25, 0.3) is 0 Å². The van der Waals surface area contributed by atoms with Crippen molar-refractivity contribution >= 4 is 11.3 Å². The molecule has 1 N–H and O–H groups in total. The highest BCUT2D eigenvalue weighted by Gasteiger charge is 2.32. The molecule has 17 heavy (non-hydrogen) atoms. The van der Waals surface area contributed by atoms with E-state index in [0.717, 1.165) is 32.3 Å². The normalized spacial score (nSPS) is 26.3. The minimum Gasteiger partial charge on any atom is -0.392 e. The average Bonchev–Trinajstić information content (AvgIpc) is 2.96. The molecule has 3 unspecified atom stereocenters. The Labute approximate surface area is 108 Å². The SMILES string of the molecule is CCc1ccc(CC(O)C2CCOC2CC)s1. The van der Waals surface area contributed by atoms with Crippen molar-refractivity contribution in [3.63, 3.8) is 0 Å². The van der Waals surface area contributed by atoms with E-state index in [1.54, 1.807) is 0 Å². The molecule has 96 valence electrons. The highest BCUT2D eigenvalue weighted by Crippen LogP contribution is 2.29. The van der Waals surface area contributed by atoms with E-state index in [1.165, 1.54) is 9.75 Å². The van der Waals surface area contributed by atoms with E-state index >= 15 is 0 Å². The van der Waals surface area contributed by atoms with Gasteiger partial charge in [0.15, 0.2) is 0 Å². The summed E-state index contributed by atoms with van der Waals surface area (Å²) in [6.45, 7) is 5.12. The zero-order valence-electron chi connectivity index (χ0n) is 10.7. The maximum Gasteiger partial charge on any atom is 0.0642 e. The molecule has 2 nitrogen and oxygen atoms in total. The average molecular weight is 254 g/mol. The van der Waals surface area contributed by atoms with E-state index in [-0.39, 0.29) is 12.2 Å². The molecule has 1 aromatic rings. The first-order chi connectivity index (χ1) is 8.24. The number of thiophene rings is 1. The quantitative estimate of drug-likeness (QED) is 0.875. The van der Waals surface area contributed by atoms with Gasteiger partial charge < -0.3 is 9.84 Å². The van der Waals surface area contributed by atoms with Gasteiger partial charge in [0.05, 0.1) is 12.2 Å². The van der Waals surface area contributed by atoms with Gasteiger partial charge in [0, 0.05) is 28.7 Å². The summed E-state index contributed by atoms with van der Waals surface area (Å²) in [7, 11) is 0. The topological polar surface area (TPSA) is 29.5 Å². The maximum atomic E-state index is 10.3. The maximum absolute atomic E-state index is 10.3. The van der Waals surface area contributed by atoms with Crippen molar-refractivity contribution in [3.8, 4) is 0 Å². The number of hydrogen-bond donors (Lipinski definition) is 1. The number of aryl methyl sites for hydroxylation is 1. The van der Waals surface area contributed by atoms with Crippen LogP contribution in [0.25, 0.3) is 0 Å². The van der Waals surface area contributed by atoms with Gasteiger partial charge in [-0.1, -0.05) is 13.8 Å². The lowest BCUT2D eigenvalue weighted by atomic mass is 9.91. The third kappa shape index (κ3) is 3.09. The summed E-state index contributed by atoms with van der Waals surface area (Å²) in [4.78, 5) is 2.71. The summed E-state index contributed by atoms with van der Waals surface area (Å²) in [6.07, 6.45) is 3.90. The second-order valence-corrected chi connectivity index (χ2v) is 6.02. The number of aliphatic hydroxyl groups is 1. The van der Waals surface area contributed by atoms with Crippen LogP contribution in [0.2, 0.25) is 0 Å². The second kappa shape index (κ2) is 5.98. The van der Waals surface area contributed by atoms with Crippen LogP contribution in [-0.2, 0) is 17.6 Å². The Balaban J connectivity index is 1.93. The number of ether oxygens (including phenoxy) is 1. The summed E-state index contributed by atoms with van der Waals surface area (Å²) >= 11 is 1.83. The smallest absolute Gasteiger partial charge is 0.0642 e. The molecule has 1 fully saturated rings. The van der Waals surface area contributed by atoms with Crippen molar-refractivity contribution in [2.45, 2.75) is 51.7 Å². The Morgan fingerprint density at radius 1 is 1.41 bits per heavy atom. The molecule has 0 aromatic carbocycles. The van der Waals surface area contributed by atoms with Crippen LogP contribution in [0.15, 0.2) is 12.1 Å². The lowest BCUT2D eigenvalue weighted by Crippen LogP contribution is -2.29. The molecular formula is C14H22O2S. The Hall–Kier alpha value is -0.380. The first-order valence-corrected chi connectivity index (χ1v) is 7.43. The van der Waals surface area contributed by atoms with Crippen molar-refractivity contribution < 1.29 is 9.84 Å². The van der Waals surface area contributed by atoms with E-state index in [2.05, 4.69) is 26.0 Å². The Morgan fingerprint density at radius 2 is 2.18 bits per heavy atom. The lowest BCUT2D eigenvalue weighted by molar-refractivity contribution is 0.0321. The number of aliphatic hydroxyl groups excluding tert-OH is 1. The lowest BCUT2D eigenvalue weighted by Gasteiger charge is -2.22. The molecule has 3 atom stereocenters. The first-order valence-electron chi connectivity index (χ1n) is 6.61. The van der Waals surface area contributed by atoms with Crippen LogP contribution in [0.3, 0.4) is 0 Å². The molecule has 0 bridgehead atoms. The standard InChI is InChI=1S/C14H22O2S/c1-3-10-5-6-11(17-10)9-13(15)12-7-8-16-14(12)4-2/h5-6,12-15H,3-4,7-9H2,1-2H3. The number of hydrogen-bond acceptors (Lipinski definition) is 3. The Bertz CT molecular complexity index is 348. The largest absolute Gasteiger partial charge is 0.392 e. The molecule has 3 heteroatoms. The minimum absolute atomic E-state index is 0.245. The van der Waals surface area contributed by atoms with Crippen molar-refractivity contribution in [3.05, 3.63) is 21.9 Å². The summed E-state index contributed by atoms with van der Waals surface area (Å²) in [5.41, 5.74) is 0. The fourth-order valence-electron chi connectivity index (χ4n) is 2.61. The summed E-state index contributed by atoms with van der Waals surface area (Å²) in [6, 6.07) is 4.33. The van der Waals surface area contributed by atoms with Gasteiger partial charge in [-0.05, 0) is 31.4 Å². The molecule has 0 amide bonds.